The Kier molecular flexibility index (Phi) is 5.27. The van der Waals surface area contributed by atoms with E-state index < -0.39 is 0 Å². The van der Waals surface area contributed by atoms with Crippen LogP contribution in [0, 0.1) is 5.92 Å². The van der Waals surface area contributed by atoms with Crippen LogP contribution >= 0.6 is 0 Å². The third kappa shape index (κ3) is 4.15. The van der Waals surface area contributed by atoms with Crippen molar-refractivity contribution in [3.63, 3.8) is 0 Å². The first-order valence-electron chi connectivity index (χ1n) is 7.43. The molecule has 1 saturated carbocycles. The maximum Gasteiger partial charge on any atom is 0.220 e. The van der Waals surface area contributed by atoms with Gasteiger partial charge in [0.1, 0.15) is 5.75 Å². The van der Waals surface area contributed by atoms with E-state index in [1.165, 1.54) is 25.7 Å². The maximum absolute atomic E-state index is 10.8. The molecule has 4 heteroatoms. The maximum atomic E-state index is 10.8. The molecule has 1 unspecified atom stereocenters. The Hall–Kier alpha value is -1.71. The zero-order valence-electron chi connectivity index (χ0n) is 12.1. The van der Waals surface area contributed by atoms with Crippen LogP contribution in [0.1, 0.15) is 39.0 Å². The number of benzene rings is 1. The van der Waals surface area contributed by atoms with Gasteiger partial charge in [0, 0.05) is 6.04 Å². The average molecular weight is 276 g/mol. The molecule has 4 nitrogen and oxygen atoms in total. The van der Waals surface area contributed by atoms with Gasteiger partial charge < -0.3 is 15.8 Å². The van der Waals surface area contributed by atoms with Gasteiger partial charge in [0.15, 0.2) is 0 Å². The monoisotopic (exact) mass is 276 g/mol. The fraction of sp³-hybridized carbons (Fsp3) is 0.562. The molecule has 0 aromatic heterocycles. The summed E-state index contributed by atoms with van der Waals surface area (Å²) in [6.07, 6.45) is 5.53. The van der Waals surface area contributed by atoms with Gasteiger partial charge in [-0.2, -0.15) is 0 Å². The predicted octanol–water partition coefficient (Wildman–Crippen LogP) is 2.93. The van der Waals surface area contributed by atoms with Crippen LogP contribution < -0.4 is 15.8 Å². The number of carbonyl (C=O) groups is 1. The summed E-state index contributed by atoms with van der Waals surface area (Å²) in [4.78, 5) is 10.8. The van der Waals surface area contributed by atoms with Crippen LogP contribution in [-0.4, -0.2) is 18.6 Å². The van der Waals surface area contributed by atoms with Crippen LogP contribution in [-0.2, 0) is 4.79 Å². The lowest BCUT2D eigenvalue weighted by Crippen LogP contribution is -2.24. The fourth-order valence-corrected chi connectivity index (χ4v) is 2.79. The van der Waals surface area contributed by atoms with Crippen LogP contribution in [0.3, 0.4) is 0 Å². The molecule has 0 saturated heterocycles. The molecule has 0 bridgehead atoms. The minimum Gasteiger partial charge on any atom is -0.491 e. The molecule has 2 rings (SSSR count). The van der Waals surface area contributed by atoms with Crippen molar-refractivity contribution in [2.75, 3.05) is 11.9 Å². The van der Waals surface area contributed by atoms with Crippen molar-refractivity contribution in [2.24, 2.45) is 11.7 Å². The lowest BCUT2D eigenvalue weighted by atomic mass is 9.99. The van der Waals surface area contributed by atoms with Crippen molar-refractivity contribution in [1.82, 2.24) is 0 Å². The van der Waals surface area contributed by atoms with Crippen LogP contribution in [0.5, 0.6) is 5.75 Å². The number of amides is 1. The number of primary amides is 1. The van der Waals surface area contributed by atoms with Crippen molar-refractivity contribution in [3.8, 4) is 5.75 Å². The summed E-state index contributed by atoms with van der Waals surface area (Å²) in [5.41, 5.74) is 6.12. The molecule has 1 fully saturated rings. The largest absolute Gasteiger partial charge is 0.491 e. The second-order valence-electron chi connectivity index (χ2n) is 5.54. The van der Waals surface area contributed by atoms with E-state index in [4.69, 9.17) is 10.5 Å². The zero-order chi connectivity index (χ0) is 14.4. The highest BCUT2D eigenvalue weighted by atomic mass is 16.5. The van der Waals surface area contributed by atoms with Gasteiger partial charge in [0.05, 0.1) is 18.7 Å². The molecule has 110 valence electrons. The van der Waals surface area contributed by atoms with Crippen molar-refractivity contribution in [2.45, 2.75) is 45.1 Å². The van der Waals surface area contributed by atoms with E-state index in [0.717, 1.165) is 17.4 Å². The average Bonchev–Trinajstić information content (AvgIpc) is 2.94. The molecule has 0 heterocycles. The summed E-state index contributed by atoms with van der Waals surface area (Å²) in [5.74, 6) is 1.20. The van der Waals surface area contributed by atoms with Crippen molar-refractivity contribution in [3.05, 3.63) is 24.3 Å². The summed E-state index contributed by atoms with van der Waals surface area (Å²) in [6, 6.07) is 8.31. The summed E-state index contributed by atoms with van der Waals surface area (Å²) in [7, 11) is 0. The number of para-hydroxylation sites is 2. The number of carbonyl (C=O) groups excluding carboxylic acids is 1. The molecular weight excluding hydrogens is 252 g/mol. The van der Waals surface area contributed by atoms with E-state index in [2.05, 4.69) is 12.2 Å². The molecule has 0 aliphatic heterocycles. The molecule has 20 heavy (non-hydrogen) atoms. The van der Waals surface area contributed by atoms with Gasteiger partial charge in [0.2, 0.25) is 5.91 Å². The van der Waals surface area contributed by atoms with Gasteiger partial charge in [-0.15, -0.1) is 0 Å². The SMILES string of the molecule is CC(Nc1ccccc1OCCC(N)=O)C1CCCC1. The quantitative estimate of drug-likeness (QED) is 0.804. The van der Waals surface area contributed by atoms with Crippen molar-refractivity contribution < 1.29 is 9.53 Å². The smallest absolute Gasteiger partial charge is 0.220 e. The molecular formula is C16H24N2O2. The standard InChI is InChI=1S/C16H24N2O2/c1-12(13-6-2-3-7-13)18-14-8-4-5-9-15(14)20-11-10-16(17)19/h4-5,8-9,12-13,18H,2-3,6-7,10-11H2,1H3,(H2,17,19). The molecule has 1 aromatic rings. The highest BCUT2D eigenvalue weighted by molar-refractivity contribution is 5.73. The molecule has 1 aliphatic rings. The van der Waals surface area contributed by atoms with Gasteiger partial charge in [-0.25, -0.2) is 0 Å². The lowest BCUT2D eigenvalue weighted by Gasteiger charge is -2.23. The summed E-state index contributed by atoms with van der Waals surface area (Å²) in [5, 5.41) is 3.55. The molecule has 1 aliphatic carbocycles. The number of hydrogen-bond acceptors (Lipinski definition) is 3. The second kappa shape index (κ2) is 7.17. The van der Waals surface area contributed by atoms with E-state index in [9.17, 15) is 4.79 Å². The molecule has 1 atom stereocenters. The van der Waals surface area contributed by atoms with Gasteiger partial charge in [-0.3, -0.25) is 4.79 Å². The Labute approximate surface area is 120 Å². The molecule has 0 spiro atoms. The molecule has 1 amide bonds. The first kappa shape index (κ1) is 14.7. The van der Waals surface area contributed by atoms with E-state index >= 15 is 0 Å². The van der Waals surface area contributed by atoms with E-state index in [0.29, 0.717) is 12.6 Å². The minimum absolute atomic E-state index is 0.243. The molecule has 3 N–H and O–H groups in total. The Balaban J connectivity index is 1.94. The molecule has 1 aromatic carbocycles. The van der Waals surface area contributed by atoms with Gasteiger partial charge in [-0.05, 0) is 37.8 Å². The van der Waals surface area contributed by atoms with Crippen molar-refractivity contribution >= 4 is 11.6 Å². The van der Waals surface area contributed by atoms with Crippen LogP contribution in [0.25, 0.3) is 0 Å². The van der Waals surface area contributed by atoms with E-state index in [-0.39, 0.29) is 12.3 Å². The van der Waals surface area contributed by atoms with Crippen LogP contribution in [0.15, 0.2) is 24.3 Å². The normalized spacial score (nSPS) is 16.9. The highest BCUT2D eigenvalue weighted by Gasteiger charge is 2.22. The van der Waals surface area contributed by atoms with Gasteiger partial charge in [0.25, 0.3) is 0 Å². The summed E-state index contributed by atoms with van der Waals surface area (Å²) >= 11 is 0. The van der Waals surface area contributed by atoms with Crippen molar-refractivity contribution in [1.29, 1.82) is 0 Å². The molecule has 0 radical (unpaired) electrons. The summed E-state index contributed by atoms with van der Waals surface area (Å²) in [6.45, 7) is 2.56. The number of ether oxygens (including phenoxy) is 1. The summed E-state index contributed by atoms with van der Waals surface area (Å²) < 4.78 is 5.65. The first-order valence-corrected chi connectivity index (χ1v) is 7.43. The second-order valence-corrected chi connectivity index (χ2v) is 5.54. The predicted molar refractivity (Wildman–Crippen MR) is 80.8 cm³/mol. The topological polar surface area (TPSA) is 64.3 Å². The zero-order valence-corrected chi connectivity index (χ0v) is 12.1. The Morgan fingerprint density at radius 1 is 1.40 bits per heavy atom. The minimum atomic E-state index is -0.338. The Bertz CT molecular complexity index is 442. The third-order valence-corrected chi connectivity index (χ3v) is 3.98. The van der Waals surface area contributed by atoms with E-state index in [1.54, 1.807) is 0 Å². The first-order chi connectivity index (χ1) is 9.66. The third-order valence-electron chi connectivity index (χ3n) is 3.98. The van der Waals surface area contributed by atoms with Gasteiger partial charge >= 0.3 is 0 Å². The number of hydrogen-bond donors (Lipinski definition) is 2. The fourth-order valence-electron chi connectivity index (χ4n) is 2.79. The number of rotatable bonds is 7. The highest BCUT2D eigenvalue weighted by Crippen LogP contribution is 2.31. The number of nitrogens with one attached hydrogen (secondary N) is 1. The Morgan fingerprint density at radius 3 is 2.80 bits per heavy atom. The number of anilines is 1. The number of nitrogens with two attached hydrogens (primary N) is 1. The van der Waals surface area contributed by atoms with Crippen LogP contribution in [0.2, 0.25) is 0 Å². The van der Waals surface area contributed by atoms with Gasteiger partial charge in [-0.1, -0.05) is 25.0 Å². The lowest BCUT2D eigenvalue weighted by molar-refractivity contribution is -0.118. The van der Waals surface area contributed by atoms with E-state index in [1.807, 2.05) is 24.3 Å². The van der Waals surface area contributed by atoms with Crippen LogP contribution in [0.4, 0.5) is 5.69 Å². The Morgan fingerprint density at radius 2 is 2.10 bits per heavy atom.